The van der Waals surface area contributed by atoms with E-state index in [0.29, 0.717) is 31.0 Å². The first-order valence-electron chi connectivity index (χ1n) is 14.2. The monoisotopic (exact) mass is 561 g/mol. The summed E-state index contributed by atoms with van der Waals surface area (Å²) in [4.78, 5) is 26.2. The maximum absolute atomic E-state index is 12.6. The number of unbranched alkanes of at least 4 members (excludes halogenated alkanes) is 4. The third kappa shape index (κ3) is 9.53. The van der Waals surface area contributed by atoms with Crippen LogP contribution in [0.4, 0.5) is 10.5 Å². The average Bonchev–Trinajstić information content (AvgIpc) is 3.00. The van der Waals surface area contributed by atoms with Gasteiger partial charge >= 0.3 is 12.0 Å². The number of carbonyl (C=O) groups is 2. The van der Waals surface area contributed by atoms with Crippen molar-refractivity contribution < 1.29 is 24.2 Å². The van der Waals surface area contributed by atoms with Crippen molar-refractivity contribution in [1.82, 2.24) is 10.6 Å². The van der Waals surface area contributed by atoms with Gasteiger partial charge in [-0.1, -0.05) is 75.1 Å². The Morgan fingerprint density at radius 2 is 1.56 bits per heavy atom. The van der Waals surface area contributed by atoms with Crippen LogP contribution >= 0.6 is 0 Å². The van der Waals surface area contributed by atoms with Gasteiger partial charge < -0.3 is 25.2 Å². The van der Waals surface area contributed by atoms with Crippen molar-refractivity contribution in [1.29, 1.82) is 0 Å². The van der Waals surface area contributed by atoms with E-state index >= 15 is 0 Å². The van der Waals surface area contributed by atoms with Crippen LogP contribution in [0.2, 0.25) is 0 Å². The minimum Gasteiger partial charge on any atom is -0.493 e. The summed E-state index contributed by atoms with van der Waals surface area (Å²) in [7, 11) is 4.92. The Labute approximate surface area is 243 Å². The number of hydrogen-bond acceptors (Lipinski definition) is 5. The minimum absolute atomic E-state index is 0.117. The van der Waals surface area contributed by atoms with Crippen LogP contribution < -0.4 is 25.0 Å². The molecule has 0 radical (unpaired) electrons. The van der Waals surface area contributed by atoms with Gasteiger partial charge in [-0.3, -0.25) is 9.69 Å². The van der Waals surface area contributed by atoms with Gasteiger partial charge in [0.05, 0.1) is 14.2 Å². The number of methoxy groups -OCH3 is 2. The van der Waals surface area contributed by atoms with Gasteiger partial charge in [-0.05, 0) is 59.4 Å². The van der Waals surface area contributed by atoms with Crippen LogP contribution in [0.1, 0.15) is 50.2 Å². The number of benzene rings is 3. The average molecular weight is 562 g/mol. The Hall–Kier alpha value is -4.04. The number of hydrogen-bond donors (Lipinski definition) is 3. The summed E-state index contributed by atoms with van der Waals surface area (Å²) in [5.74, 6) is 0.312. The van der Waals surface area contributed by atoms with Crippen LogP contribution in [0.25, 0.3) is 11.1 Å². The second-order valence-corrected chi connectivity index (χ2v) is 10.1. The van der Waals surface area contributed by atoms with Crippen LogP contribution in [0.5, 0.6) is 11.5 Å². The van der Waals surface area contributed by atoms with Gasteiger partial charge in [0.15, 0.2) is 11.5 Å². The van der Waals surface area contributed by atoms with Gasteiger partial charge in [-0.2, -0.15) is 0 Å². The zero-order valence-electron chi connectivity index (χ0n) is 24.6. The van der Waals surface area contributed by atoms with Crippen LogP contribution in [0, 0.1) is 0 Å². The number of carboxylic acids is 1. The maximum Gasteiger partial charge on any atom is 0.321 e. The first kappa shape index (κ1) is 31.5. The number of carbonyl (C=O) groups excluding carboxylic acids is 1. The van der Waals surface area contributed by atoms with Crippen molar-refractivity contribution in [2.75, 3.05) is 32.7 Å². The first-order valence-corrected chi connectivity index (χ1v) is 14.2. The van der Waals surface area contributed by atoms with Gasteiger partial charge in [0.1, 0.15) is 6.04 Å². The zero-order chi connectivity index (χ0) is 29.6. The molecule has 3 aromatic rings. The Morgan fingerprint density at radius 1 is 0.854 bits per heavy atom. The number of ether oxygens (including phenoxy) is 2. The SMILES string of the molecule is CCCCCCCNC(=O)N(C)c1cccc(-c2ccc(CC(NCc3ccc(OC)c(OC)c3)C(=O)O)cc2)c1. The summed E-state index contributed by atoms with van der Waals surface area (Å²) < 4.78 is 10.6. The van der Waals surface area contributed by atoms with Crippen molar-refractivity contribution in [3.8, 4) is 22.6 Å². The van der Waals surface area contributed by atoms with Crippen molar-refractivity contribution in [3.63, 3.8) is 0 Å². The Bertz CT molecular complexity index is 1260. The molecule has 0 heterocycles. The molecule has 3 rings (SSSR count). The predicted molar refractivity (Wildman–Crippen MR) is 164 cm³/mol. The Morgan fingerprint density at radius 3 is 2.24 bits per heavy atom. The first-order chi connectivity index (χ1) is 19.9. The van der Waals surface area contributed by atoms with Gasteiger partial charge in [0.25, 0.3) is 0 Å². The maximum atomic E-state index is 12.6. The number of amides is 2. The molecular formula is C33H43N3O5. The molecule has 0 saturated carbocycles. The second-order valence-electron chi connectivity index (χ2n) is 10.1. The van der Waals surface area contributed by atoms with Crippen LogP contribution in [0.3, 0.4) is 0 Å². The number of aliphatic carboxylic acids is 1. The smallest absolute Gasteiger partial charge is 0.321 e. The lowest BCUT2D eigenvalue weighted by molar-refractivity contribution is -0.139. The van der Waals surface area contributed by atoms with Crippen LogP contribution in [-0.2, 0) is 17.8 Å². The highest BCUT2D eigenvalue weighted by molar-refractivity contribution is 5.92. The summed E-state index contributed by atoms with van der Waals surface area (Å²) in [5.41, 5.74) is 4.59. The van der Waals surface area contributed by atoms with E-state index in [1.54, 1.807) is 32.2 Å². The Kier molecular flexibility index (Phi) is 12.5. The van der Waals surface area contributed by atoms with Crippen LogP contribution in [0.15, 0.2) is 66.7 Å². The number of nitrogens with one attached hydrogen (secondary N) is 2. The summed E-state index contributed by atoms with van der Waals surface area (Å²) >= 11 is 0. The predicted octanol–water partition coefficient (Wildman–Crippen LogP) is 6.27. The van der Waals surface area contributed by atoms with Gasteiger partial charge in [0, 0.05) is 25.8 Å². The molecule has 1 unspecified atom stereocenters. The van der Waals surface area contributed by atoms with E-state index < -0.39 is 12.0 Å². The van der Waals surface area contributed by atoms with Gasteiger partial charge in [-0.25, -0.2) is 4.79 Å². The highest BCUT2D eigenvalue weighted by Crippen LogP contribution is 2.28. The molecule has 3 aromatic carbocycles. The number of urea groups is 1. The molecule has 41 heavy (non-hydrogen) atoms. The molecule has 0 aromatic heterocycles. The fourth-order valence-corrected chi connectivity index (χ4v) is 4.60. The lowest BCUT2D eigenvalue weighted by Crippen LogP contribution is -2.38. The highest BCUT2D eigenvalue weighted by Gasteiger charge is 2.18. The van der Waals surface area contributed by atoms with E-state index in [2.05, 4.69) is 17.6 Å². The molecule has 0 bridgehead atoms. The molecule has 220 valence electrons. The molecule has 0 aliphatic rings. The fourth-order valence-electron chi connectivity index (χ4n) is 4.60. The Balaban J connectivity index is 1.59. The molecule has 3 N–H and O–H groups in total. The quantitative estimate of drug-likeness (QED) is 0.178. The van der Waals surface area contributed by atoms with Crippen LogP contribution in [-0.4, -0.2) is 51.0 Å². The van der Waals surface area contributed by atoms with Crippen molar-refractivity contribution in [2.45, 2.75) is 58.0 Å². The van der Waals surface area contributed by atoms with E-state index in [4.69, 9.17) is 9.47 Å². The third-order valence-corrected chi connectivity index (χ3v) is 7.12. The number of nitrogens with zero attached hydrogens (tertiary/aromatic N) is 1. The topological polar surface area (TPSA) is 100 Å². The molecule has 0 aliphatic carbocycles. The molecular weight excluding hydrogens is 518 g/mol. The molecule has 8 nitrogen and oxygen atoms in total. The molecule has 0 spiro atoms. The van der Waals surface area contributed by atoms with E-state index in [1.165, 1.54) is 19.3 Å². The normalized spacial score (nSPS) is 11.5. The standard InChI is InChI=1S/C33H43N3O5/c1-5-6-7-8-9-19-34-33(39)36(2)28-12-10-11-27(22-28)26-16-13-24(14-17-26)20-29(32(37)38)35-23-25-15-18-30(40-3)31(21-25)41-4/h10-18,21-22,29,35H,5-9,19-20,23H2,1-4H3,(H,34,39)(H,37,38). The number of anilines is 1. The molecule has 8 heteroatoms. The number of carboxylic acid groups (broad SMARTS) is 1. The van der Waals surface area contributed by atoms with Crippen molar-refractivity contribution >= 4 is 17.7 Å². The second kappa shape index (κ2) is 16.3. The molecule has 2 amide bonds. The summed E-state index contributed by atoms with van der Waals surface area (Å²) in [5, 5.41) is 16.0. The molecule has 0 saturated heterocycles. The fraction of sp³-hybridized carbons (Fsp3) is 0.394. The molecule has 0 aliphatic heterocycles. The molecule has 0 fully saturated rings. The van der Waals surface area contributed by atoms with E-state index in [1.807, 2.05) is 60.7 Å². The minimum atomic E-state index is -0.912. The summed E-state index contributed by atoms with van der Waals surface area (Å²) in [6, 6.07) is 20.4. The van der Waals surface area contributed by atoms with Crippen molar-refractivity contribution in [3.05, 3.63) is 77.9 Å². The largest absolute Gasteiger partial charge is 0.493 e. The van der Waals surface area contributed by atoms with E-state index in [-0.39, 0.29) is 6.03 Å². The lowest BCUT2D eigenvalue weighted by Gasteiger charge is -2.19. The summed E-state index contributed by atoms with van der Waals surface area (Å²) in [6.07, 6.45) is 6.10. The lowest BCUT2D eigenvalue weighted by atomic mass is 10.00. The number of rotatable bonds is 16. The summed E-state index contributed by atoms with van der Waals surface area (Å²) in [6.45, 7) is 3.24. The van der Waals surface area contributed by atoms with Gasteiger partial charge in [-0.15, -0.1) is 0 Å². The molecule has 1 atom stereocenters. The van der Waals surface area contributed by atoms with E-state index in [0.717, 1.165) is 40.8 Å². The third-order valence-electron chi connectivity index (χ3n) is 7.12. The van der Waals surface area contributed by atoms with Crippen molar-refractivity contribution in [2.24, 2.45) is 0 Å². The zero-order valence-corrected chi connectivity index (χ0v) is 24.6. The van der Waals surface area contributed by atoms with E-state index in [9.17, 15) is 14.7 Å². The highest BCUT2D eigenvalue weighted by atomic mass is 16.5. The van der Waals surface area contributed by atoms with Gasteiger partial charge in [0.2, 0.25) is 0 Å².